The number of carboxylic acids is 1. The summed E-state index contributed by atoms with van der Waals surface area (Å²) in [5, 5.41) is 20.6. The van der Waals surface area contributed by atoms with Crippen LogP contribution in [0.1, 0.15) is 19.3 Å². The van der Waals surface area contributed by atoms with Crippen molar-refractivity contribution in [3.63, 3.8) is 0 Å². The fourth-order valence-corrected chi connectivity index (χ4v) is 2.27. The first-order valence-corrected chi connectivity index (χ1v) is 5.85. The van der Waals surface area contributed by atoms with Crippen molar-refractivity contribution in [2.24, 2.45) is 0 Å². The average molecular weight is 261 g/mol. The number of hydrogen-bond acceptors (Lipinski definition) is 5. The van der Waals surface area contributed by atoms with E-state index in [0.29, 0.717) is 24.2 Å². The number of nitrogens with zero attached hydrogens (tertiary/aromatic N) is 4. The van der Waals surface area contributed by atoms with Crippen LogP contribution in [0.3, 0.4) is 0 Å². The van der Waals surface area contributed by atoms with Crippen LogP contribution in [0.25, 0.3) is 11.4 Å². The van der Waals surface area contributed by atoms with E-state index in [-0.39, 0.29) is 5.56 Å². The van der Waals surface area contributed by atoms with Crippen molar-refractivity contribution in [3.8, 4) is 11.4 Å². The maximum absolute atomic E-state index is 11.5. The van der Waals surface area contributed by atoms with Gasteiger partial charge in [-0.15, -0.1) is 5.10 Å². The summed E-state index contributed by atoms with van der Waals surface area (Å²) in [6, 6.07) is 2.98. The van der Waals surface area contributed by atoms with Gasteiger partial charge in [-0.1, -0.05) is 0 Å². The van der Waals surface area contributed by atoms with Gasteiger partial charge in [0.1, 0.15) is 0 Å². The van der Waals surface area contributed by atoms with Crippen LogP contribution in [0.15, 0.2) is 23.1 Å². The highest BCUT2D eigenvalue weighted by Gasteiger charge is 2.49. The van der Waals surface area contributed by atoms with E-state index in [1.165, 1.54) is 16.9 Å². The standard InChI is InChI=1S/C11H11N5O3/c17-8-6-7(2-5-12-8)9-13-14-15-16(9)11(10(18)19)3-1-4-11/h2,5-6H,1,3-4H2,(H,12,17)(H,18,19). The van der Waals surface area contributed by atoms with E-state index < -0.39 is 11.5 Å². The van der Waals surface area contributed by atoms with Crippen LogP contribution < -0.4 is 5.56 Å². The first-order chi connectivity index (χ1) is 9.13. The average Bonchev–Trinajstić information content (AvgIpc) is 2.76. The molecule has 8 nitrogen and oxygen atoms in total. The van der Waals surface area contributed by atoms with Gasteiger partial charge >= 0.3 is 5.97 Å². The van der Waals surface area contributed by atoms with Crippen LogP contribution in [-0.2, 0) is 10.3 Å². The lowest BCUT2D eigenvalue weighted by Crippen LogP contribution is -2.48. The second kappa shape index (κ2) is 4.01. The van der Waals surface area contributed by atoms with E-state index in [1.54, 1.807) is 6.07 Å². The highest BCUT2D eigenvalue weighted by Crippen LogP contribution is 2.40. The van der Waals surface area contributed by atoms with Crippen LogP contribution >= 0.6 is 0 Å². The number of carboxylic acid groups (broad SMARTS) is 1. The lowest BCUT2D eigenvalue weighted by molar-refractivity contribution is -0.153. The Morgan fingerprint density at radius 3 is 2.84 bits per heavy atom. The van der Waals surface area contributed by atoms with Crippen molar-refractivity contribution < 1.29 is 9.90 Å². The van der Waals surface area contributed by atoms with E-state index in [2.05, 4.69) is 20.5 Å². The van der Waals surface area contributed by atoms with Crippen molar-refractivity contribution in [1.82, 2.24) is 25.2 Å². The summed E-state index contributed by atoms with van der Waals surface area (Å²) < 4.78 is 1.31. The minimum atomic E-state index is -1.08. The molecule has 0 atom stereocenters. The lowest BCUT2D eigenvalue weighted by Gasteiger charge is -2.37. The molecule has 0 aliphatic heterocycles. The predicted molar refractivity (Wildman–Crippen MR) is 63.3 cm³/mol. The monoisotopic (exact) mass is 261 g/mol. The Labute approximate surface area is 107 Å². The minimum absolute atomic E-state index is 0.287. The van der Waals surface area contributed by atoms with Gasteiger partial charge in [0.15, 0.2) is 11.4 Å². The molecule has 2 aromatic rings. The third-order valence-corrected chi connectivity index (χ3v) is 3.49. The van der Waals surface area contributed by atoms with Crippen molar-refractivity contribution >= 4 is 5.97 Å². The Bertz CT molecular complexity index is 685. The zero-order valence-electron chi connectivity index (χ0n) is 9.91. The van der Waals surface area contributed by atoms with Gasteiger partial charge in [-0.25, -0.2) is 9.48 Å². The smallest absolute Gasteiger partial charge is 0.331 e. The zero-order valence-corrected chi connectivity index (χ0v) is 9.91. The van der Waals surface area contributed by atoms with Crippen molar-refractivity contribution in [2.45, 2.75) is 24.8 Å². The molecule has 1 fully saturated rings. The molecule has 2 aromatic heterocycles. The number of carbonyl (C=O) groups is 1. The number of H-pyrrole nitrogens is 1. The maximum Gasteiger partial charge on any atom is 0.331 e. The zero-order chi connectivity index (χ0) is 13.5. The number of tetrazole rings is 1. The lowest BCUT2D eigenvalue weighted by atomic mass is 9.76. The molecular formula is C11H11N5O3. The molecule has 0 spiro atoms. The molecule has 0 saturated heterocycles. The molecule has 8 heteroatoms. The molecule has 1 saturated carbocycles. The topological polar surface area (TPSA) is 114 Å². The highest BCUT2D eigenvalue weighted by atomic mass is 16.4. The first kappa shape index (κ1) is 11.6. The largest absolute Gasteiger partial charge is 0.479 e. The molecule has 0 unspecified atom stereocenters. The molecule has 1 aliphatic carbocycles. The normalized spacial score (nSPS) is 16.8. The third kappa shape index (κ3) is 1.64. The van der Waals surface area contributed by atoms with Gasteiger partial charge < -0.3 is 10.1 Å². The molecule has 3 rings (SSSR count). The number of rotatable bonds is 3. The molecule has 0 radical (unpaired) electrons. The fourth-order valence-electron chi connectivity index (χ4n) is 2.27. The van der Waals surface area contributed by atoms with E-state index >= 15 is 0 Å². The molecule has 19 heavy (non-hydrogen) atoms. The maximum atomic E-state index is 11.5. The summed E-state index contributed by atoms with van der Waals surface area (Å²) in [7, 11) is 0. The van der Waals surface area contributed by atoms with Crippen LogP contribution in [0.2, 0.25) is 0 Å². The third-order valence-electron chi connectivity index (χ3n) is 3.49. The summed E-state index contributed by atoms with van der Waals surface area (Å²) in [4.78, 5) is 25.3. The molecule has 0 amide bonds. The predicted octanol–water partition coefficient (Wildman–Crippen LogP) is -0.00780. The molecule has 2 heterocycles. The molecule has 0 bridgehead atoms. The van der Waals surface area contributed by atoms with Crippen LogP contribution in [0, 0.1) is 0 Å². The van der Waals surface area contributed by atoms with E-state index in [9.17, 15) is 14.7 Å². The number of nitrogens with one attached hydrogen (secondary N) is 1. The van der Waals surface area contributed by atoms with Gasteiger partial charge in [-0.2, -0.15) is 0 Å². The van der Waals surface area contributed by atoms with Crippen molar-refractivity contribution in [3.05, 3.63) is 28.7 Å². The second-order valence-corrected chi connectivity index (χ2v) is 4.55. The van der Waals surface area contributed by atoms with Gasteiger partial charge in [-0.05, 0) is 35.8 Å². The Kier molecular flexibility index (Phi) is 2.44. The number of aromatic nitrogens is 5. The second-order valence-electron chi connectivity index (χ2n) is 4.55. The number of pyridine rings is 1. The fraction of sp³-hybridized carbons (Fsp3) is 0.364. The minimum Gasteiger partial charge on any atom is -0.479 e. The van der Waals surface area contributed by atoms with Gasteiger partial charge in [0.25, 0.3) is 0 Å². The molecular weight excluding hydrogens is 250 g/mol. The van der Waals surface area contributed by atoms with E-state index in [1.807, 2.05) is 0 Å². The van der Waals surface area contributed by atoms with Gasteiger partial charge in [0.2, 0.25) is 5.56 Å². The van der Waals surface area contributed by atoms with Crippen LogP contribution in [0.4, 0.5) is 0 Å². The Balaban J connectivity index is 2.13. The van der Waals surface area contributed by atoms with Crippen LogP contribution in [0.5, 0.6) is 0 Å². The Hall–Kier alpha value is -2.51. The number of aliphatic carboxylic acids is 1. The molecule has 0 aromatic carbocycles. The quantitative estimate of drug-likeness (QED) is 0.803. The van der Waals surface area contributed by atoms with E-state index in [0.717, 1.165) is 6.42 Å². The van der Waals surface area contributed by atoms with Crippen molar-refractivity contribution in [2.75, 3.05) is 0 Å². The molecule has 2 N–H and O–H groups in total. The van der Waals surface area contributed by atoms with Gasteiger partial charge in [0.05, 0.1) is 0 Å². The van der Waals surface area contributed by atoms with Gasteiger partial charge in [0, 0.05) is 17.8 Å². The summed E-state index contributed by atoms with van der Waals surface area (Å²) in [5.74, 6) is -0.648. The SMILES string of the molecule is O=C(O)C1(n2nnnc2-c2cc[nH]c(=O)c2)CCC1. The Morgan fingerprint density at radius 2 is 2.26 bits per heavy atom. The van der Waals surface area contributed by atoms with Crippen LogP contribution in [-0.4, -0.2) is 36.3 Å². The number of hydrogen-bond donors (Lipinski definition) is 2. The molecule has 98 valence electrons. The summed E-state index contributed by atoms with van der Waals surface area (Å²) in [5.41, 5.74) is -0.868. The summed E-state index contributed by atoms with van der Waals surface area (Å²) >= 11 is 0. The Morgan fingerprint density at radius 1 is 1.47 bits per heavy atom. The highest BCUT2D eigenvalue weighted by molar-refractivity contribution is 5.78. The molecule has 1 aliphatic rings. The number of aromatic amines is 1. The first-order valence-electron chi connectivity index (χ1n) is 5.85. The van der Waals surface area contributed by atoms with E-state index in [4.69, 9.17) is 0 Å². The van der Waals surface area contributed by atoms with Crippen molar-refractivity contribution in [1.29, 1.82) is 0 Å². The summed E-state index contributed by atoms with van der Waals surface area (Å²) in [6.45, 7) is 0. The summed E-state index contributed by atoms with van der Waals surface area (Å²) in [6.07, 6.45) is 3.28. The van der Waals surface area contributed by atoms with Gasteiger partial charge in [-0.3, -0.25) is 4.79 Å².